The third-order valence-electron chi connectivity index (χ3n) is 5.51. The van der Waals surface area contributed by atoms with E-state index in [-0.39, 0.29) is 22.4 Å². The van der Waals surface area contributed by atoms with Crippen molar-refractivity contribution in [2.75, 3.05) is 18.1 Å². The highest BCUT2D eigenvalue weighted by molar-refractivity contribution is 7.91. The Hall–Kier alpha value is -1.71. The normalized spacial score (nSPS) is 22.7. The van der Waals surface area contributed by atoms with Crippen molar-refractivity contribution in [1.29, 1.82) is 0 Å². The molecular formula is C18H23N3O4S2. The van der Waals surface area contributed by atoms with Gasteiger partial charge in [-0.25, -0.2) is 16.8 Å². The second-order valence-electron chi connectivity index (χ2n) is 7.36. The predicted octanol–water partition coefficient (Wildman–Crippen LogP) is 1.61. The molecule has 0 N–H and O–H groups in total. The number of rotatable bonds is 3. The van der Waals surface area contributed by atoms with Crippen molar-refractivity contribution in [1.82, 2.24) is 14.1 Å². The molecule has 2 aliphatic heterocycles. The van der Waals surface area contributed by atoms with Crippen LogP contribution in [-0.2, 0) is 32.8 Å². The third kappa shape index (κ3) is 3.21. The van der Waals surface area contributed by atoms with Crippen LogP contribution in [0.3, 0.4) is 0 Å². The lowest BCUT2D eigenvalue weighted by Crippen LogP contribution is -2.36. The largest absolute Gasteiger partial charge is 0.264 e. The van der Waals surface area contributed by atoms with Crippen LogP contribution in [-0.4, -0.2) is 49.0 Å². The molecule has 1 unspecified atom stereocenters. The van der Waals surface area contributed by atoms with Crippen LogP contribution >= 0.6 is 0 Å². The van der Waals surface area contributed by atoms with Crippen molar-refractivity contribution in [3.63, 3.8) is 0 Å². The van der Waals surface area contributed by atoms with E-state index < -0.39 is 19.9 Å². The van der Waals surface area contributed by atoms with E-state index in [4.69, 9.17) is 0 Å². The Labute approximate surface area is 160 Å². The van der Waals surface area contributed by atoms with Gasteiger partial charge in [0.05, 0.1) is 28.9 Å². The maximum Gasteiger partial charge on any atom is 0.247 e. The van der Waals surface area contributed by atoms with Gasteiger partial charge in [0.2, 0.25) is 10.0 Å². The van der Waals surface area contributed by atoms with E-state index >= 15 is 0 Å². The summed E-state index contributed by atoms with van der Waals surface area (Å²) in [6.07, 6.45) is 1.16. The quantitative estimate of drug-likeness (QED) is 0.768. The van der Waals surface area contributed by atoms with Crippen LogP contribution in [0.1, 0.15) is 35.0 Å². The van der Waals surface area contributed by atoms with Gasteiger partial charge in [0.1, 0.15) is 4.90 Å². The summed E-state index contributed by atoms with van der Waals surface area (Å²) in [5.41, 5.74) is 3.16. The Kier molecular flexibility index (Phi) is 4.44. The highest BCUT2D eigenvalue weighted by Gasteiger charge is 2.36. The van der Waals surface area contributed by atoms with E-state index in [1.807, 2.05) is 24.3 Å². The summed E-state index contributed by atoms with van der Waals surface area (Å²) in [6, 6.07) is 7.60. The smallest absolute Gasteiger partial charge is 0.247 e. The lowest BCUT2D eigenvalue weighted by Gasteiger charge is -2.28. The number of sulfonamides is 1. The molecule has 1 atom stereocenters. The van der Waals surface area contributed by atoms with Gasteiger partial charge in [-0.2, -0.15) is 9.40 Å². The van der Waals surface area contributed by atoms with Gasteiger partial charge in [0, 0.05) is 13.1 Å². The summed E-state index contributed by atoms with van der Waals surface area (Å²) >= 11 is 0. The van der Waals surface area contributed by atoms with Gasteiger partial charge in [0.15, 0.2) is 9.84 Å². The van der Waals surface area contributed by atoms with Crippen molar-refractivity contribution in [3.05, 3.63) is 46.8 Å². The molecule has 7 nitrogen and oxygen atoms in total. The molecule has 0 aliphatic carbocycles. The molecule has 0 spiro atoms. The summed E-state index contributed by atoms with van der Waals surface area (Å²) in [5, 5.41) is 4.41. The zero-order chi connectivity index (χ0) is 19.4. The molecule has 1 aromatic carbocycles. The van der Waals surface area contributed by atoms with Gasteiger partial charge in [-0.05, 0) is 37.8 Å². The minimum absolute atomic E-state index is 0.0194. The Morgan fingerprint density at radius 2 is 1.85 bits per heavy atom. The zero-order valence-electron chi connectivity index (χ0n) is 15.4. The molecule has 9 heteroatoms. The summed E-state index contributed by atoms with van der Waals surface area (Å²) in [5.74, 6) is 0.145. The molecule has 0 saturated carbocycles. The molecule has 3 heterocycles. The van der Waals surface area contributed by atoms with Crippen molar-refractivity contribution < 1.29 is 16.8 Å². The summed E-state index contributed by atoms with van der Waals surface area (Å²) < 4.78 is 53.4. The SMILES string of the molecule is Cc1nn(C2CCS(=O)(=O)C2)c(C)c1S(=O)(=O)N1CCc2ccccc2C1. The fourth-order valence-electron chi connectivity index (χ4n) is 4.15. The number of hydrogen-bond acceptors (Lipinski definition) is 5. The van der Waals surface area contributed by atoms with Crippen LogP contribution in [0.4, 0.5) is 0 Å². The van der Waals surface area contributed by atoms with Crippen LogP contribution in [0.15, 0.2) is 29.2 Å². The van der Waals surface area contributed by atoms with Crippen molar-refractivity contribution in [3.8, 4) is 0 Å². The number of aromatic nitrogens is 2. The standard InChI is InChI=1S/C18H23N3O4S2/c1-13-18(14(2)21(19-13)17-8-10-26(22,23)12-17)27(24,25)20-9-7-15-5-3-4-6-16(15)11-20/h3-6,17H,7-12H2,1-2H3. The van der Waals surface area contributed by atoms with Crippen molar-refractivity contribution in [2.24, 2.45) is 0 Å². The van der Waals surface area contributed by atoms with E-state index in [9.17, 15) is 16.8 Å². The summed E-state index contributed by atoms with van der Waals surface area (Å²) in [6.45, 7) is 4.18. The maximum atomic E-state index is 13.3. The lowest BCUT2D eigenvalue weighted by molar-refractivity contribution is 0.390. The van der Waals surface area contributed by atoms with Gasteiger partial charge in [-0.15, -0.1) is 0 Å². The molecule has 4 rings (SSSR count). The average molecular weight is 410 g/mol. The average Bonchev–Trinajstić information content (AvgIpc) is 3.13. The molecule has 2 aliphatic rings. The van der Waals surface area contributed by atoms with Gasteiger partial charge in [0.25, 0.3) is 0 Å². The van der Waals surface area contributed by atoms with Crippen LogP contribution in [0.2, 0.25) is 0 Å². The van der Waals surface area contributed by atoms with Gasteiger partial charge < -0.3 is 0 Å². The highest BCUT2D eigenvalue weighted by Crippen LogP contribution is 2.32. The fraction of sp³-hybridized carbons (Fsp3) is 0.500. The molecule has 0 radical (unpaired) electrons. The molecular weight excluding hydrogens is 386 g/mol. The van der Waals surface area contributed by atoms with Gasteiger partial charge >= 0.3 is 0 Å². The first-order valence-electron chi connectivity index (χ1n) is 9.02. The van der Waals surface area contributed by atoms with Crippen molar-refractivity contribution in [2.45, 2.75) is 44.2 Å². The van der Waals surface area contributed by atoms with Gasteiger partial charge in [-0.3, -0.25) is 4.68 Å². The van der Waals surface area contributed by atoms with E-state index in [0.717, 1.165) is 5.56 Å². The first kappa shape index (κ1) is 18.6. The predicted molar refractivity (Wildman–Crippen MR) is 102 cm³/mol. The van der Waals surface area contributed by atoms with E-state index in [2.05, 4.69) is 5.10 Å². The minimum atomic E-state index is -3.70. The molecule has 1 fully saturated rings. The molecule has 0 bridgehead atoms. The van der Waals surface area contributed by atoms with Crippen LogP contribution in [0.25, 0.3) is 0 Å². The lowest BCUT2D eigenvalue weighted by atomic mass is 10.0. The molecule has 2 aromatic rings. The van der Waals surface area contributed by atoms with Crippen LogP contribution < -0.4 is 0 Å². The molecule has 1 aromatic heterocycles. The molecule has 1 saturated heterocycles. The number of nitrogens with zero attached hydrogens (tertiary/aromatic N) is 3. The summed E-state index contributed by atoms with van der Waals surface area (Å²) in [7, 11) is -6.78. The Balaban J connectivity index is 1.69. The number of hydrogen-bond donors (Lipinski definition) is 0. The zero-order valence-corrected chi connectivity index (χ0v) is 17.1. The van der Waals surface area contributed by atoms with E-state index in [1.165, 1.54) is 9.87 Å². The van der Waals surface area contributed by atoms with Crippen LogP contribution in [0.5, 0.6) is 0 Å². The first-order chi connectivity index (χ1) is 12.7. The van der Waals surface area contributed by atoms with Gasteiger partial charge in [-0.1, -0.05) is 24.3 Å². The monoisotopic (exact) mass is 409 g/mol. The second kappa shape index (κ2) is 6.42. The maximum absolute atomic E-state index is 13.3. The number of fused-ring (bicyclic) bond motifs is 1. The molecule has 27 heavy (non-hydrogen) atoms. The second-order valence-corrected chi connectivity index (χ2v) is 11.5. The Bertz CT molecular complexity index is 1100. The minimum Gasteiger partial charge on any atom is -0.264 e. The number of benzene rings is 1. The third-order valence-corrected chi connectivity index (χ3v) is 9.35. The molecule has 0 amide bonds. The summed E-state index contributed by atoms with van der Waals surface area (Å²) in [4.78, 5) is 0.214. The first-order valence-corrected chi connectivity index (χ1v) is 12.3. The number of aryl methyl sites for hydroxylation is 1. The Morgan fingerprint density at radius 3 is 2.52 bits per heavy atom. The molecule has 146 valence electrons. The van der Waals surface area contributed by atoms with E-state index in [1.54, 1.807) is 18.5 Å². The highest BCUT2D eigenvalue weighted by atomic mass is 32.2. The number of sulfone groups is 1. The fourth-order valence-corrected chi connectivity index (χ4v) is 7.62. The Morgan fingerprint density at radius 1 is 1.15 bits per heavy atom. The van der Waals surface area contributed by atoms with Crippen molar-refractivity contribution >= 4 is 19.9 Å². The van der Waals surface area contributed by atoms with Crippen LogP contribution in [0, 0.1) is 13.8 Å². The van der Waals surface area contributed by atoms with E-state index in [0.29, 0.717) is 37.3 Å². The topological polar surface area (TPSA) is 89.3 Å².